The van der Waals surface area contributed by atoms with Crippen LogP contribution in [0, 0.1) is 0 Å². The van der Waals surface area contributed by atoms with Crippen LogP contribution in [0.4, 0.5) is 11.4 Å². The van der Waals surface area contributed by atoms with Gasteiger partial charge in [-0.15, -0.1) is 0 Å². The van der Waals surface area contributed by atoms with Gasteiger partial charge in [-0.25, -0.2) is 0 Å². The fourth-order valence-electron chi connectivity index (χ4n) is 2.90. The predicted octanol–water partition coefficient (Wildman–Crippen LogP) is 4.22. The van der Waals surface area contributed by atoms with Crippen molar-refractivity contribution in [2.75, 3.05) is 36.5 Å². The van der Waals surface area contributed by atoms with Gasteiger partial charge in [0.2, 0.25) is 0 Å². The summed E-state index contributed by atoms with van der Waals surface area (Å²) in [6.07, 6.45) is 0.0502. The van der Waals surface area contributed by atoms with E-state index in [1.54, 1.807) is 12.1 Å². The highest BCUT2D eigenvalue weighted by Gasteiger charge is 2.19. The Hall–Kier alpha value is -2.24. The summed E-state index contributed by atoms with van der Waals surface area (Å²) in [5.41, 5.74) is 2.07. The number of hydrogen-bond donors (Lipinski definition) is 1. The molecule has 1 N–H and O–H groups in total. The topological polar surface area (TPSA) is 50.8 Å². The molecule has 6 heteroatoms. The monoisotopic (exact) mass is 374 g/mol. The molecule has 0 bridgehead atoms. The highest BCUT2D eigenvalue weighted by Crippen LogP contribution is 2.34. The summed E-state index contributed by atoms with van der Waals surface area (Å²) in [7, 11) is 0. The van der Waals surface area contributed by atoms with Gasteiger partial charge in [0.05, 0.1) is 35.7 Å². The van der Waals surface area contributed by atoms with Crippen LogP contribution in [0.15, 0.2) is 42.5 Å². The molecular weight excluding hydrogens is 352 g/mol. The number of morpholine rings is 1. The molecule has 1 aliphatic heterocycles. The van der Waals surface area contributed by atoms with Crippen LogP contribution in [-0.2, 0) is 4.74 Å². The van der Waals surface area contributed by atoms with E-state index in [0.717, 1.165) is 18.8 Å². The van der Waals surface area contributed by atoms with Crippen molar-refractivity contribution in [3.05, 3.63) is 53.1 Å². The van der Waals surface area contributed by atoms with Crippen LogP contribution in [0.2, 0.25) is 5.02 Å². The molecule has 2 aromatic carbocycles. The number of halogens is 1. The Balaban J connectivity index is 1.82. The van der Waals surface area contributed by atoms with E-state index in [9.17, 15) is 4.79 Å². The van der Waals surface area contributed by atoms with Crippen LogP contribution < -0.4 is 15.0 Å². The van der Waals surface area contributed by atoms with Gasteiger partial charge in [-0.1, -0.05) is 23.7 Å². The van der Waals surface area contributed by atoms with E-state index >= 15 is 0 Å². The predicted molar refractivity (Wildman–Crippen MR) is 105 cm³/mol. The van der Waals surface area contributed by atoms with Crippen LogP contribution in [0.5, 0.6) is 5.75 Å². The summed E-state index contributed by atoms with van der Waals surface area (Å²) in [5, 5.41) is 3.60. The second kappa shape index (κ2) is 8.43. The van der Waals surface area contributed by atoms with Gasteiger partial charge < -0.3 is 19.7 Å². The van der Waals surface area contributed by atoms with Crippen molar-refractivity contribution in [3.8, 4) is 5.75 Å². The van der Waals surface area contributed by atoms with Crippen molar-refractivity contribution < 1.29 is 14.3 Å². The number of nitrogens with one attached hydrogen (secondary N) is 1. The van der Waals surface area contributed by atoms with Crippen molar-refractivity contribution in [2.45, 2.75) is 20.0 Å². The summed E-state index contributed by atoms with van der Waals surface area (Å²) in [4.78, 5) is 14.9. The summed E-state index contributed by atoms with van der Waals surface area (Å²) in [5.74, 6) is 0.475. The van der Waals surface area contributed by atoms with Crippen molar-refractivity contribution >= 4 is 28.9 Å². The van der Waals surface area contributed by atoms with E-state index in [1.807, 2.05) is 44.2 Å². The van der Waals surface area contributed by atoms with Crippen molar-refractivity contribution in [2.24, 2.45) is 0 Å². The smallest absolute Gasteiger partial charge is 0.255 e. The Morgan fingerprint density at radius 3 is 2.65 bits per heavy atom. The van der Waals surface area contributed by atoms with Gasteiger partial charge in [0.1, 0.15) is 5.75 Å². The van der Waals surface area contributed by atoms with Crippen molar-refractivity contribution in [3.63, 3.8) is 0 Å². The van der Waals surface area contributed by atoms with E-state index in [4.69, 9.17) is 21.1 Å². The van der Waals surface area contributed by atoms with Crippen LogP contribution in [-0.4, -0.2) is 38.3 Å². The minimum atomic E-state index is -0.198. The quantitative estimate of drug-likeness (QED) is 0.851. The van der Waals surface area contributed by atoms with Crippen LogP contribution in [0.1, 0.15) is 24.2 Å². The third kappa shape index (κ3) is 4.48. The highest BCUT2D eigenvalue weighted by atomic mass is 35.5. The molecule has 0 aliphatic carbocycles. The SMILES string of the molecule is CC(C)Oc1cccc(C(=O)Nc2cccc(Cl)c2N2CCOCC2)c1. The summed E-state index contributed by atoms with van der Waals surface area (Å²) < 4.78 is 11.1. The standard InChI is InChI=1S/C20H23ClN2O3/c1-14(2)26-16-6-3-5-15(13-16)20(24)22-18-8-4-7-17(21)19(18)23-9-11-25-12-10-23/h3-8,13-14H,9-12H2,1-2H3,(H,22,24). The molecule has 1 amide bonds. The molecule has 0 radical (unpaired) electrons. The third-order valence-electron chi connectivity index (χ3n) is 4.03. The van der Waals surface area contributed by atoms with Crippen LogP contribution in [0.25, 0.3) is 0 Å². The van der Waals surface area contributed by atoms with Gasteiger partial charge in [-0.3, -0.25) is 4.79 Å². The molecule has 0 unspecified atom stereocenters. The molecule has 3 rings (SSSR count). The van der Waals surface area contributed by atoms with E-state index in [2.05, 4.69) is 10.2 Å². The molecule has 26 heavy (non-hydrogen) atoms. The maximum Gasteiger partial charge on any atom is 0.255 e. The molecule has 1 heterocycles. The van der Waals surface area contributed by atoms with Gasteiger partial charge in [-0.2, -0.15) is 0 Å². The van der Waals surface area contributed by atoms with Gasteiger partial charge >= 0.3 is 0 Å². The first kappa shape index (κ1) is 18.5. The Morgan fingerprint density at radius 1 is 1.19 bits per heavy atom. The van der Waals surface area contributed by atoms with Crippen molar-refractivity contribution in [1.29, 1.82) is 0 Å². The summed E-state index contributed by atoms with van der Waals surface area (Å²) in [6, 6.07) is 12.7. The lowest BCUT2D eigenvalue weighted by Gasteiger charge is -2.31. The molecular formula is C20H23ClN2O3. The largest absolute Gasteiger partial charge is 0.491 e. The summed E-state index contributed by atoms with van der Waals surface area (Å²) in [6.45, 7) is 6.68. The van der Waals surface area contributed by atoms with Crippen LogP contribution >= 0.6 is 11.6 Å². The molecule has 2 aromatic rings. The lowest BCUT2D eigenvalue weighted by molar-refractivity contribution is 0.102. The zero-order valence-electron chi connectivity index (χ0n) is 15.0. The zero-order valence-corrected chi connectivity index (χ0v) is 15.8. The second-order valence-electron chi connectivity index (χ2n) is 6.38. The minimum absolute atomic E-state index is 0.0502. The van der Waals surface area contributed by atoms with Gasteiger partial charge in [0.25, 0.3) is 5.91 Å². The molecule has 0 saturated carbocycles. The van der Waals surface area contributed by atoms with Crippen molar-refractivity contribution in [1.82, 2.24) is 0 Å². The maximum atomic E-state index is 12.7. The zero-order chi connectivity index (χ0) is 18.5. The van der Waals surface area contributed by atoms with E-state index in [1.165, 1.54) is 0 Å². The number of hydrogen-bond acceptors (Lipinski definition) is 4. The number of rotatable bonds is 5. The van der Waals surface area contributed by atoms with E-state index in [-0.39, 0.29) is 12.0 Å². The molecule has 0 spiro atoms. The molecule has 138 valence electrons. The third-order valence-corrected chi connectivity index (χ3v) is 4.34. The highest BCUT2D eigenvalue weighted by molar-refractivity contribution is 6.34. The fourth-order valence-corrected chi connectivity index (χ4v) is 3.20. The number of carbonyl (C=O) groups excluding carboxylic acids is 1. The molecule has 1 aliphatic rings. The number of amides is 1. The fraction of sp³-hybridized carbons (Fsp3) is 0.350. The number of benzene rings is 2. The molecule has 1 saturated heterocycles. The lowest BCUT2D eigenvalue weighted by Crippen LogP contribution is -2.37. The van der Waals surface area contributed by atoms with Gasteiger partial charge in [0, 0.05) is 18.7 Å². The average Bonchev–Trinajstić information content (AvgIpc) is 2.62. The lowest BCUT2D eigenvalue weighted by atomic mass is 10.1. The Bertz CT molecular complexity index is 773. The first-order valence-electron chi connectivity index (χ1n) is 8.74. The minimum Gasteiger partial charge on any atom is -0.491 e. The number of para-hydroxylation sites is 1. The molecule has 1 fully saturated rings. The first-order valence-corrected chi connectivity index (χ1v) is 9.11. The second-order valence-corrected chi connectivity index (χ2v) is 6.79. The number of anilines is 2. The maximum absolute atomic E-state index is 12.7. The Labute approximate surface area is 158 Å². The average molecular weight is 375 g/mol. The van der Waals surface area contributed by atoms with Gasteiger partial charge in [0.15, 0.2) is 0 Å². The number of nitrogens with zero attached hydrogens (tertiary/aromatic N) is 1. The van der Waals surface area contributed by atoms with Gasteiger partial charge in [-0.05, 0) is 44.2 Å². The Kier molecular flexibility index (Phi) is 6.01. The Morgan fingerprint density at radius 2 is 1.92 bits per heavy atom. The first-order chi connectivity index (χ1) is 12.5. The number of carbonyl (C=O) groups is 1. The molecule has 0 aromatic heterocycles. The summed E-state index contributed by atoms with van der Waals surface area (Å²) >= 11 is 6.42. The number of ether oxygens (including phenoxy) is 2. The normalized spacial score (nSPS) is 14.4. The molecule has 0 atom stereocenters. The van der Waals surface area contributed by atoms with Crippen LogP contribution in [0.3, 0.4) is 0 Å². The van der Waals surface area contributed by atoms with E-state index in [0.29, 0.717) is 35.2 Å². The van der Waals surface area contributed by atoms with E-state index < -0.39 is 0 Å². The molecule has 5 nitrogen and oxygen atoms in total.